The zero-order chi connectivity index (χ0) is 19.2. The highest BCUT2D eigenvalue weighted by molar-refractivity contribution is 6.11. The summed E-state index contributed by atoms with van der Waals surface area (Å²) in [6.07, 6.45) is 3.41. The molecule has 0 bridgehead atoms. The normalized spacial score (nSPS) is 11.4. The third-order valence-corrected chi connectivity index (χ3v) is 5.08. The largest absolute Gasteiger partial charge is 0.435 e. The summed E-state index contributed by atoms with van der Waals surface area (Å²) in [6.45, 7) is 0. The van der Waals surface area contributed by atoms with E-state index in [9.17, 15) is 0 Å². The van der Waals surface area contributed by atoms with Crippen LogP contribution in [0.3, 0.4) is 0 Å². The van der Waals surface area contributed by atoms with E-state index >= 15 is 0 Å². The zero-order valence-corrected chi connectivity index (χ0v) is 15.3. The Morgan fingerprint density at radius 2 is 1.59 bits per heavy atom. The molecule has 0 aliphatic carbocycles. The number of benzene rings is 3. The molecule has 0 atom stereocenters. The van der Waals surface area contributed by atoms with Gasteiger partial charge in [0.15, 0.2) is 5.58 Å². The Hall–Kier alpha value is -4.12. The summed E-state index contributed by atoms with van der Waals surface area (Å²) in [6, 6.07) is 24.0. The van der Waals surface area contributed by atoms with Gasteiger partial charge in [0.25, 0.3) is 0 Å². The van der Waals surface area contributed by atoms with E-state index in [2.05, 4.69) is 38.1 Å². The number of rotatable bonds is 2. The Morgan fingerprint density at radius 1 is 0.690 bits per heavy atom. The third kappa shape index (κ3) is 2.56. The molecule has 0 spiro atoms. The molecule has 0 amide bonds. The third-order valence-electron chi connectivity index (χ3n) is 5.08. The predicted octanol–water partition coefficient (Wildman–Crippen LogP) is 5.65. The van der Waals surface area contributed by atoms with E-state index in [-0.39, 0.29) is 0 Å². The molecule has 0 fully saturated rings. The number of hydrogen-bond acceptors (Lipinski definition) is 5. The SMILES string of the molecule is c1ccc2c(c1)ccc1ncnc(-c3ccc(-c4nc5ccccc5o4)nc3)c12. The van der Waals surface area contributed by atoms with Gasteiger partial charge in [-0.05, 0) is 41.1 Å². The first-order chi connectivity index (χ1) is 14.4. The topological polar surface area (TPSA) is 64.7 Å². The first-order valence-corrected chi connectivity index (χ1v) is 9.32. The predicted molar refractivity (Wildman–Crippen MR) is 113 cm³/mol. The lowest BCUT2D eigenvalue weighted by molar-refractivity contribution is 0.617. The Kier molecular flexibility index (Phi) is 3.40. The average Bonchev–Trinajstić information content (AvgIpc) is 3.23. The molecule has 3 heterocycles. The van der Waals surface area contributed by atoms with Crippen molar-refractivity contribution in [2.45, 2.75) is 0 Å². The van der Waals surface area contributed by atoms with Crippen molar-refractivity contribution in [3.8, 4) is 22.8 Å². The maximum absolute atomic E-state index is 5.83. The second-order valence-corrected chi connectivity index (χ2v) is 6.82. The van der Waals surface area contributed by atoms with Gasteiger partial charge < -0.3 is 4.42 Å². The zero-order valence-electron chi connectivity index (χ0n) is 15.3. The van der Waals surface area contributed by atoms with E-state index < -0.39 is 0 Å². The van der Waals surface area contributed by atoms with Crippen molar-refractivity contribution in [1.82, 2.24) is 19.9 Å². The van der Waals surface area contributed by atoms with Gasteiger partial charge in [0, 0.05) is 17.1 Å². The Bertz CT molecular complexity index is 1470. The van der Waals surface area contributed by atoms with Crippen molar-refractivity contribution in [3.05, 3.63) is 85.3 Å². The van der Waals surface area contributed by atoms with E-state index in [0.29, 0.717) is 11.6 Å². The average molecular weight is 374 g/mol. The molecule has 0 aliphatic rings. The molecule has 136 valence electrons. The number of oxazole rings is 1. The first kappa shape index (κ1) is 15.9. The summed E-state index contributed by atoms with van der Waals surface area (Å²) in [5.74, 6) is 0.510. The summed E-state index contributed by atoms with van der Waals surface area (Å²) in [7, 11) is 0. The van der Waals surface area contributed by atoms with Crippen LogP contribution in [0.5, 0.6) is 0 Å². The molecule has 5 nitrogen and oxygen atoms in total. The molecule has 0 aliphatic heterocycles. The fraction of sp³-hybridized carbons (Fsp3) is 0. The fourth-order valence-electron chi connectivity index (χ4n) is 3.69. The summed E-state index contributed by atoms with van der Waals surface area (Å²) in [5.41, 5.74) is 4.96. The van der Waals surface area contributed by atoms with Crippen LogP contribution in [0.4, 0.5) is 0 Å². The van der Waals surface area contributed by atoms with E-state index in [0.717, 1.165) is 44.0 Å². The van der Waals surface area contributed by atoms with Crippen LogP contribution in [0, 0.1) is 0 Å². The molecule has 5 heteroatoms. The molecular formula is C24H14N4O. The minimum Gasteiger partial charge on any atom is -0.435 e. The van der Waals surface area contributed by atoms with Crippen LogP contribution in [0.1, 0.15) is 0 Å². The van der Waals surface area contributed by atoms with Crippen LogP contribution in [0.15, 0.2) is 89.7 Å². The Labute approximate surface area is 165 Å². The second kappa shape index (κ2) is 6.21. The van der Waals surface area contributed by atoms with Crippen LogP contribution in [-0.4, -0.2) is 19.9 Å². The molecule has 0 N–H and O–H groups in total. The van der Waals surface area contributed by atoms with Gasteiger partial charge in [-0.25, -0.2) is 15.0 Å². The molecule has 3 aromatic carbocycles. The molecule has 29 heavy (non-hydrogen) atoms. The summed E-state index contributed by atoms with van der Waals surface area (Å²) in [4.78, 5) is 18.1. The van der Waals surface area contributed by atoms with Crippen molar-refractivity contribution in [2.24, 2.45) is 0 Å². The van der Waals surface area contributed by atoms with Gasteiger partial charge in [-0.2, -0.15) is 0 Å². The Morgan fingerprint density at radius 3 is 2.48 bits per heavy atom. The van der Waals surface area contributed by atoms with E-state index in [1.807, 2.05) is 60.8 Å². The van der Waals surface area contributed by atoms with Gasteiger partial charge >= 0.3 is 0 Å². The molecule has 6 aromatic rings. The van der Waals surface area contributed by atoms with Gasteiger partial charge in [-0.15, -0.1) is 0 Å². The number of para-hydroxylation sites is 2. The first-order valence-electron chi connectivity index (χ1n) is 9.32. The van der Waals surface area contributed by atoms with Crippen LogP contribution in [-0.2, 0) is 0 Å². The quantitative estimate of drug-likeness (QED) is 0.366. The maximum Gasteiger partial charge on any atom is 0.246 e. The lowest BCUT2D eigenvalue weighted by atomic mass is 10.0. The van der Waals surface area contributed by atoms with Crippen LogP contribution < -0.4 is 0 Å². The molecule has 0 unspecified atom stereocenters. The number of nitrogens with zero attached hydrogens (tertiary/aromatic N) is 4. The Balaban J connectivity index is 1.50. The molecule has 3 aromatic heterocycles. The van der Waals surface area contributed by atoms with Crippen molar-refractivity contribution in [1.29, 1.82) is 0 Å². The molecule has 6 rings (SSSR count). The second-order valence-electron chi connectivity index (χ2n) is 6.82. The van der Waals surface area contributed by atoms with E-state index in [1.54, 1.807) is 6.33 Å². The standard InChI is InChI=1S/C24H14N4O/c1-2-6-17-15(5-1)9-11-19-22(17)23(27-14-26-19)16-10-12-20(25-13-16)24-28-18-7-3-4-8-21(18)29-24/h1-14H. The van der Waals surface area contributed by atoms with Crippen molar-refractivity contribution < 1.29 is 4.42 Å². The van der Waals surface area contributed by atoms with Crippen LogP contribution in [0.2, 0.25) is 0 Å². The highest BCUT2D eigenvalue weighted by atomic mass is 16.3. The summed E-state index contributed by atoms with van der Waals surface area (Å²) < 4.78 is 5.83. The highest BCUT2D eigenvalue weighted by Crippen LogP contribution is 2.32. The van der Waals surface area contributed by atoms with Crippen LogP contribution in [0.25, 0.3) is 55.6 Å². The van der Waals surface area contributed by atoms with Gasteiger partial charge in [0.1, 0.15) is 17.5 Å². The molecule has 0 saturated heterocycles. The lowest BCUT2D eigenvalue weighted by Crippen LogP contribution is -1.92. The summed E-state index contributed by atoms with van der Waals surface area (Å²) in [5, 5.41) is 3.32. The number of aromatic nitrogens is 4. The monoisotopic (exact) mass is 374 g/mol. The van der Waals surface area contributed by atoms with Gasteiger partial charge in [-0.1, -0.05) is 42.5 Å². The van der Waals surface area contributed by atoms with Gasteiger partial charge in [0.2, 0.25) is 5.89 Å². The van der Waals surface area contributed by atoms with Crippen molar-refractivity contribution in [3.63, 3.8) is 0 Å². The number of pyridine rings is 1. The summed E-state index contributed by atoms with van der Waals surface area (Å²) >= 11 is 0. The molecule has 0 radical (unpaired) electrons. The smallest absolute Gasteiger partial charge is 0.246 e. The number of fused-ring (bicyclic) bond motifs is 4. The van der Waals surface area contributed by atoms with E-state index in [4.69, 9.17) is 4.42 Å². The minimum atomic E-state index is 0.510. The highest BCUT2D eigenvalue weighted by Gasteiger charge is 2.13. The molecule has 0 saturated carbocycles. The lowest BCUT2D eigenvalue weighted by Gasteiger charge is -2.08. The van der Waals surface area contributed by atoms with Gasteiger partial charge in [0.05, 0.1) is 11.2 Å². The molecular weight excluding hydrogens is 360 g/mol. The van der Waals surface area contributed by atoms with Crippen LogP contribution >= 0.6 is 0 Å². The minimum absolute atomic E-state index is 0.510. The number of hydrogen-bond donors (Lipinski definition) is 0. The maximum atomic E-state index is 5.83. The van der Waals surface area contributed by atoms with Crippen molar-refractivity contribution >= 4 is 32.8 Å². The van der Waals surface area contributed by atoms with E-state index in [1.165, 1.54) is 0 Å². The van der Waals surface area contributed by atoms with Crippen molar-refractivity contribution in [2.75, 3.05) is 0 Å². The fourth-order valence-corrected chi connectivity index (χ4v) is 3.69. The van der Waals surface area contributed by atoms with Gasteiger partial charge in [-0.3, -0.25) is 4.98 Å².